The van der Waals surface area contributed by atoms with E-state index in [0.29, 0.717) is 0 Å². The van der Waals surface area contributed by atoms with Crippen LogP contribution in [0.2, 0.25) is 0 Å². The zero-order chi connectivity index (χ0) is 13.5. The zero-order valence-corrected chi connectivity index (χ0v) is 12.8. The molecule has 1 atom stereocenters. The lowest BCUT2D eigenvalue weighted by molar-refractivity contribution is 0.550. The summed E-state index contributed by atoms with van der Waals surface area (Å²) in [7, 11) is 0. The van der Waals surface area contributed by atoms with Gasteiger partial charge in [-0.3, -0.25) is 0 Å². The molecule has 0 spiro atoms. The van der Waals surface area contributed by atoms with Crippen molar-refractivity contribution in [1.29, 1.82) is 0 Å². The van der Waals surface area contributed by atoms with E-state index in [1.165, 1.54) is 25.7 Å². The van der Waals surface area contributed by atoms with Crippen LogP contribution < -0.4 is 5.73 Å². The minimum atomic E-state index is 0. The fourth-order valence-corrected chi connectivity index (χ4v) is 2.22. The van der Waals surface area contributed by atoms with E-state index in [9.17, 15) is 0 Å². The third kappa shape index (κ3) is 4.66. The average molecular weight is 294 g/mol. The minimum Gasteiger partial charge on any atom is -0.341 e. The van der Waals surface area contributed by atoms with Gasteiger partial charge >= 0.3 is 0 Å². The minimum absolute atomic E-state index is 0. The van der Waals surface area contributed by atoms with Gasteiger partial charge in [0.05, 0.1) is 17.9 Å². The van der Waals surface area contributed by atoms with Crippen LogP contribution in [0.3, 0.4) is 0 Å². The average Bonchev–Trinajstić information content (AvgIpc) is 2.94. The topological polar surface area (TPSA) is 54.7 Å². The van der Waals surface area contributed by atoms with Crippen molar-refractivity contribution in [2.75, 3.05) is 0 Å². The van der Waals surface area contributed by atoms with Crippen molar-refractivity contribution in [3.8, 4) is 11.3 Å². The Hall–Kier alpha value is -1.32. The van der Waals surface area contributed by atoms with Crippen molar-refractivity contribution in [1.82, 2.24) is 9.97 Å². The summed E-state index contributed by atoms with van der Waals surface area (Å²) in [6.07, 6.45) is 7.86. The Morgan fingerprint density at radius 2 is 1.90 bits per heavy atom. The van der Waals surface area contributed by atoms with Crippen LogP contribution >= 0.6 is 12.4 Å². The standard InChI is InChI=1S/C16H23N3.ClH/c1-2-3-4-8-11-14(17)16-18-12-15(19-16)13-9-6-5-7-10-13;/h5-7,9-10,12,14H,2-4,8,11,17H2,1H3,(H,18,19);1H. The molecule has 110 valence electrons. The second kappa shape index (κ2) is 8.77. The van der Waals surface area contributed by atoms with Gasteiger partial charge in [-0.25, -0.2) is 4.98 Å². The summed E-state index contributed by atoms with van der Waals surface area (Å²) in [4.78, 5) is 7.74. The normalized spacial score (nSPS) is 11.9. The molecule has 0 saturated carbocycles. The Bertz CT molecular complexity index is 481. The first-order chi connectivity index (χ1) is 9.31. The van der Waals surface area contributed by atoms with Crippen molar-refractivity contribution in [2.45, 2.75) is 45.1 Å². The third-order valence-electron chi connectivity index (χ3n) is 3.40. The molecular formula is C16H24ClN3. The lowest BCUT2D eigenvalue weighted by Gasteiger charge is -2.08. The van der Waals surface area contributed by atoms with Crippen LogP contribution in [0, 0.1) is 0 Å². The summed E-state index contributed by atoms with van der Waals surface area (Å²) in [5, 5.41) is 0. The maximum Gasteiger partial charge on any atom is 0.123 e. The predicted octanol–water partition coefficient (Wildman–Crippen LogP) is 4.47. The summed E-state index contributed by atoms with van der Waals surface area (Å²) in [6, 6.07) is 10.2. The van der Waals surface area contributed by atoms with Crippen LogP contribution in [-0.4, -0.2) is 9.97 Å². The van der Waals surface area contributed by atoms with E-state index in [0.717, 1.165) is 23.5 Å². The number of nitrogens with two attached hydrogens (primary N) is 1. The molecule has 2 aromatic rings. The molecule has 4 heteroatoms. The van der Waals surface area contributed by atoms with Crippen molar-refractivity contribution in [3.05, 3.63) is 42.4 Å². The highest BCUT2D eigenvalue weighted by atomic mass is 35.5. The van der Waals surface area contributed by atoms with Crippen molar-refractivity contribution in [2.24, 2.45) is 5.73 Å². The summed E-state index contributed by atoms with van der Waals surface area (Å²) in [5.41, 5.74) is 8.37. The monoisotopic (exact) mass is 293 g/mol. The number of halogens is 1. The maximum absolute atomic E-state index is 6.17. The fourth-order valence-electron chi connectivity index (χ4n) is 2.22. The van der Waals surface area contributed by atoms with Crippen LogP contribution in [0.1, 0.15) is 50.9 Å². The molecule has 0 fully saturated rings. The molecule has 0 radical (unpaired) electrons. The van der Waals surface area contributed by atoms with Gasteiger partial charge in [-0.05, 0) is 12.0 Å². The molecule has 0 aliphatic heterocycles. The van der Waals surface area contributed by atoms with E-state index in [1.54, 1.807) is 0 Å². The van der Waals surface area contributed by atoms with Gasteiger partial charge in [0.1, 0.15) is 5.82 Å². The fraction of sp³-hybridized carbons (Fsp3) is 0.438. The molecule has 0 amide bonds. The van der Waals surface area contributed by atoms with E-state index >= 15 is 0 Å². The Kier molecular flexibility index (Phi) is 7.34. The Morgan fingerprint density at radius 1 is 1.15 bits per heavy atom. The van der Waals surface area contributed by atoms with Crippen LogP contribution in [0.4, 0.5) is 0 Å². The number of aromatic amines is 1. The maximum atomic E-state index is 6.17. The van der Waals surface area contributed by atoms with Gasteiger partial charge in [-0.1, -0.05) is 62.9 Å². The van der Waals surface area contributed by atoms with Crippen molar-refractivity contribution < 1.29 is 0 Å². The van der Waals surface area contributed by atoms with Gasteiger partial charge in [-0.2, -0.15) is 0 Å². The Morgan fingerprint density at radius 3 is 2.60 bits per heavy atom. The van der Waals surface area contributed by atoms with Crippen LogP contribution in [0.15, 0.2) is 36.5 Å². The second-order valence-corrected chi connectivity index (χ2v) is 5.00. The number of aromatic nitrogens is 2. The molecule has 1 aromatic carbocycles. The quantitative estimate of drug-likeness (QED) is 0.740. The molecule has 0 bridgehead atoms. The largest absolute Gasteiger partial charge is 0.341 e. The van der Waals surface area contributed by atoms with E-state index in [4.69, 9.17) is 5.73 Å². The van der Waals surface area contributed by atoms with Gasteiger partial charge in [0.25, 0.3) is 0 Å². The van der Waals surface area contributed by atoms with Crippen LogP contribution in [0.5, 0.6) is 0 Å². The van der Waals surface area contributed by atoms with Gasteiger partial charge < -0.3 is 10.7 Å². The molecular weight excluding hydrogens is 270 g/mol. The summed E-state index contributed by atoms with van der Waals surface area (Å²) < 4.78 is 0. The van der Waals surface area contributed by atoms with Gasteiger partial charge in [0, 0.05) is 0 Å². The molecule has 3 nitrogen and oxygen atoms in total. The van der Waals surface area contributed by atoms with E-state index in [-0.39, 0.29) is 18.4 Å². The number of benzene rings is 1. The summed E-state index contributed by atoms with van der Waals surface area (Å²) in [6.45, 7) is 2.22. The molecule has 0 aliphatic carbocycles. The molecule has 1 unspecified atom stereocenters. The number of hydrogen-bond donors (Lipinski definition) is 2. The predicted molar refractivity (Wildman–Crippen MR) is 87.0 cm³/mol. The van der Waals surface area contributed by atoms with E-state index < -0.39 is 0 Å². The SMILES string of the molecule is CCCCCCC(N)c1ncc(-c2ccccc2)[nH]1.Cl. The zero-order valence-electron chi connectivity index (χ0n) is 12.0. The van der Waals surface area contributed by atoms with Crippen LogP contribution in [0.25, 0.3) is 11.3 Å². The van der Waals surface area contributed by atoms with Gasteiger partial charge in [0.15, 0.2) is 0 Å². The molecule has 1 aromatic heterocycles. The first kappa shape index (κ1) is 16.7. The molecule has 2 rings (SSSR count). The summed E-state index contributed by atoms with van der Waals surface area (Å²) in [5.74, 6) is 0.898. The smallest absolute Gasteiger partial charge is 0.123 e. The highest BCUT2D eigenvalue weighted by molar-refractivity contribution is 5.85. The number of unbranched alkanes of at least 4 members (excludes halogenated alkanes) is 3. The number of hydrogen-bond acceptors (Lipinski definition) is 2. The highest BCUT2D eigenvalue weighted by Crippen LogP contribution is 2.20. The lowest BCUT2D eigenvalue weighted by atomic mass is 10.1. The first-order valence-corrected chi connectivity index (χ1v) is 7.17. The lowest BCUT2D eigenvalue weighted by Crippen LogP contribution is -2.11. The molecule has 3 N–H and O–H groups in total. The number of imidazole rings is 1. The molecule has 0 aliphatic rings. The Balaban J connectivity index is 0.00000200. The number of nitrogens with zero attached hydrogens (tertiary/aromatic N) is 1. The van der Waals surface area contributed by atoms with Crippen LogP contribution in [-0.2, 0) is 0 Å². The van der Waals surface area contributed by atoms with Crippen molar-refractivity contribution >= 4 is 12.4 Å². The van der Waals surface area contributed by atoms with Gasteiger partial charge in [-0.15, -0.1) is 12.4 Å². The van der Waals surface area contributed by atoms with E-state index in [1.807, 2.05) is 24.4 Å². The molecule has 20 heavy (non-hydrogen) atoms. The number of rotatable bonds is 7. The first-order valence-electron chi connectivity index (χ1n) is 7.17. The van der Waals surface area contributed by atoms with E-state index in [2.05, 4.69) is 29.0 Å². The Labute approximate surface area is 127 Å². The molecule has 1 heterocycles. The van der Waals surface area contributed by atoms with Crippen molar-refractivity contribution in [3.63, 3.8) is 0 Å². The summed E-state index contributed by atoms with van der Waals surface area (Å²) >= 11 is 0. The van der Waals surface area contributed by atoms with Gasteiger partial charge in [0.2, 0.25) is 0 Å². The highest BCUT2D eigenvalue weighted by Gasteiger charge is 2.10. The second-order valence-electron chi connectivity index (χ2n) is 5.00. The third-order valence-corrected chi connectivity index (χ3v) is 3.40. The number of H-pyrrole nitrogens is 1. The molecule has 0 saturated heterocycles. The number of nitrogens with one attached hydrogen (secondary N) is 1.